The first kappa shape index (κ1) is 16.1. The van der Waals surface area contributed by atoms with Crippen LogP contribution in [0.25, 0.3) is 10.9 Å². The quantitative estimate of drug-likeness (QED) is 0.564. The summed E-state index contributed by atoms with van der Waals surface area (Å²) < 4.78 is 2.03. The maximum absolute atomic E-state index is 11.6. The maximum Gasteiger partial charge on any atom is 0.223 e. The first-order valence-electron chi connectivity index (χ1n) is 8.61. The molecular formula is C21H20N4O. The van der Waals surface area contributed by atoms with Gasteiger partial charge in [0, 0.05) is 30.1 Å². The van der Waals surface area contributed by atoms with E-state index in [0.717, 1.165) is 22.5 Å². The van der Waals surface area contributed by atoms with Gasteiger partial charge in [0.05, 0.1) is 24.1 Å². The summed E-state index contributed by atoms with van der Waals surface area (Å²) in [5.41, 5.74) is 10.7. The lowest BCUT2D eigenvalue weighted by atomic mass is 10.1. The van der Waals surface area contributed by atoms with Gasteiger partial charge in [0.15, 0.2) is 0 Å². The minimum atomic E-state index is -0.346. The standard InChI is InChI=1S/C21H20N4O/c22-21(26)12-20-19(11-15-5-2-1-3-6-15)24-14-25(20)13-16-7-4-8-18-17(16)9-10-23-18/h1-10,14,23H,11-13H2,(H2,22,26). The Morgan fingerprint density at radius 3 is 2.73 bits per heavy atom. The highest BCUT2D eigenvalue weighted by atomic mass is 16.1. The number of imidazole rings is 1. The molecule has 4 aromatic rings. The van der Waals surface area contributed by atoms with E-state index in [0.29, 0.717) is 13.0 Å². The smallest absolute Gasteiger partial charge is 0.223 e. The monoisotopic (exact) mass is 344 g/mol. The zero-order valence-electron chi connectivity index (χ0n) is 14.4. The van der Waals surface area contributed by atoms with Crippen molar-refractivity contribution < 1.29 is 4.79 Å². The van der Waals surface area contributed by atoms with Gasteiger partial charge >= 0.3 is 0 Å². The lowest BCUT2D eigenvalue weighted by molar-refractivity contribution is -0.117. The molecule has 0 bridgehead atoms. The second kappa shape index (κ2) is 6.88. The summed E-state index contributed by atoms with van der Waals surface area (Å²) in [6.07, 6.45) is 4.62. The highest BCUT2D eigenvalue weighted by molar-refractivity contribution is 5.83. The van der Waals surface area contributed by atoms with Crippen LogP contribution in [0.15, 0.2) is 67.1 Å². The van der Waals surface area contributed by atoms with Crippen molar-refractivity contribution in [3.8, 4) is 0 Å². The number of nitrogens with zero attached hydrogens (tertiary/aromatic N) is 2. The third kappa shape index (κ3) is 3.24. The molecule has 0 aliphatic heterocycles. The van der Waals surface area contributed by atoms with E-state index in [1.807, 2.05) is 41.4 Å². The Morgan fingerprint density at radius 2 is 1.92 bits per heavy atom. The highest BCUT2D eigenvalue weighted by Gasteiger charge is 2.15. The Hall–Kier alpha value is -3.34. The molecule has 0 saturated carbocycles. The number of primary amides is 1. The molecule has 0 aliphatic rings. The zero-order chi connectivity index (χ0) is 17.9. The molecule has 2 aromatic carbocycles. The largest absolute Gasteiger partial charge is 0.369 e. The van der Waals surface area contributed by atoms with Crippen LogP contribution in [0.1, 0.15) is 22.5 Å². The summed E-state index contributed by atoms with van der Waals surface area (Å²) in [6.45, 7) is 0.652. The number of carbonyl (C=O) groups excluding carboxylic acids is 1. The molecule has 5 nitrogen and oxygen atoms in total. The SMILES string of the molecule is NC(=O)Cc1c(Cc2ccccc2)ncn1Cc1cccc2[nH]ccc12. The minimum absolute atomic E-state index is 0.186. The number of carbonyl (C=O) groups is 1. The maximum atomic E-state index is 11.6. The average Bonchev–Trinajstić information content (AvgIpc) is 3.25. The molecule has 0 spiro atoms. The van der Waals surface area contributed by atoms with Gasteiger partial charge in [-0.2, -0.15) is 0 Å². The molecule has 26 heavy (non-hydrogen) atoms. The van der Waals surface area contributed by atoms with Crippen LogP contribution in [0, 0.1) is 0 Å². The van der Waals surface area contributed by atoms with Crippen LogP contribution in [0.4, 0.5) is 0 Å². The number of nitrogens with one attached hydrogen (secondary N) is 1. The van der Waals surface area contributed by atoms with Crippen molar-refractivity contribution >= 4 is 16.8 Å². The van der Waals surface area contributed by atoms with E-state index in [9.17, 15) is 4.79 Å². The Labute approximate surface area is 151 Å². The van der Waals surface area contributed by atoms with Crippen LogP contribution in [0.2, 0.25) is 0 Å². The van der Waals surface area contributed by atoms with Gasteiger partial charge in [-0.3, -0.25) is 4.79 Å². The number of benzene rings is 2. The van der Waals surface area contributed by atoms with Gasteiger partial charge in [-0.1, -0.05) is 42.5 Å². The van der Waals surface area contributed by atoms with E-state index < -0.39 is 0 Å². The number of aromatic amines is 1. The molecule has 0 atom stereocenters. The molecule has 0 fully saturated rings. The minimum Gasteiger partial charge on any atom is -0.369 e. The Balaban J connectivity index is 1.69. The molecule has 5 heteroatoms. The molecular weight excluding hydrogens is 324 g/mol. The van der Waals surface area contributed by atoms with E-state index in [1.165, 1.54) is 10.9 Å². The zero-order valence-corrected chi connectivity index (χ0v) is 14.4. The van der Waals surface area contributed by atoms with E-state index >= 15 is 0 Å². The van der Waals surface area contributed by atoms with Crippen molar-refractivity contribution in [2.75, 3.05) is 0 Å². The summed E-state index contributed by atoms with van der Waals surface area (Å²) >= 11 is 0. The molecule has 2 heterocycles. The van der Waals surface area contributed by atoms with Crippen molar-refractivity contribution in [2.45, 2.75) is 19.4 Å². The first-order valence-corrected chi connectivity index (χ1v) is 8.61. The molecule has 3 N–H and O–H groups in total. The fourth-order valence-corrected chi connectivity index (χ4v) is 3.36. The number of amides is 1. The number of hydrogen-bond acceptors (Lipinski definition) is 2. The fraction of sp³-hybridized carbons (Fsp3) is 0.143. The van der Waals surface area contributed by atoms with Gasteiger partial charge in [-0.05, 0) is 23.3 Å². The third-order valence-corrected chi connectivity index (χ3v) is 4.61. The molecule has 0 aliphatic carbocycles. The van der Waals surface area contributed by atoms with Crippen molar-refractivity contribution in [1.29, 1.82) is 0 Å². The number of fused-ring (bicyclic) bond motifs is 1. The molecule has 0 saturated heterocycles. The van der Waals surface area contributed by atoms with Crippen LogP contribution in [-0.4, -0.2) is 20.4 Å². The van der Waals surface area contributed by atoms with Crippen LogP contribution >= 0.6 is 0 Å². The summed E-state index contributed by atoms with van der Waals surface area (Å²) in [4.78, 5) is 19.4. The van der Waals surface area contributed by atoms with E-state index in [4.69, 9.17) is 5.73 Å². The summed E-state index contributed by atoms with van der Waals surface area (Å²) in [7, 11) is 0. The molecule has 0 unspecified atom stereocenters. The van der Waals surface area contributed by atoms with E-state index in [2.05, 4.69) is 40.3 Å². The van der Waals surface area contributed by atoms with Crippen molar-refractivity contribution in [1.82, 2.24) is 14.5 Å². The van der Waals surface area contributed by atoms with Gasteiger partial charge < -0.3 is 15.3 Å². The van der Waals surface area contributed by atoms with E-state index in [1.54, 1.807) is 0 Å². The van der Waals surface area contributed by atoms with Crippen LogP contribution in [0.5, 0.6) is 0 Å². The number of aromatic nitrogens is 3. The number of rotatable bonds is 6. The van der Waals surface area contributed by atoms with Crippen molar-refractivity contribution in [3.05, 3.63) is 89.6 Å². The topological polar surface area (TPSA) is 76.7 Å². The van der Waals surface area contributed by atoms with Gasteiger partial charge in [-0.25, -0.2) is 4.98 Å². The van der Waals surface area contributed by atoms with Gasteiger partial charge in [0.25, 0.3) is 0 Å². The first-order chi connectivity index (χ1) is 12.7. The second-order valence-electron chi connectivity index (χ2n) is 6.43. The average molecular weight is 344 g/mol. The van der Waals surface area contributed by atoms with Crippen LogP contribution in [0.3, 0.4) is 0 Å². The summed E-state index contributed by atoms with van der Waals surface area (Å²) in [5, 5.41) is 1.18. The number of H-pyrrole nitrogens is 1. The normalized spacial score (nSPS) is 11.1. The van der Waals surface area contributed by atoms with Crippen molar-refractivity contribution in [3.63, 3.8) is 0 Å². The predicted molar refractivity (Wildman–Crippen MR) is 102 cm³/mol. The van der Waals surface area contributed by atoms with Gasteiger partial charge in [-0.15, -0.1) is 0 Å². The summed E-state index contributed by atoms with van der Waals surface area (Å²) in [5.74, 6) is -0.346. The number of nitrogens with two attached hydrogens (primary N) is 1. The lowest BCUT2D eigenvalue weighted by Gasteiger charge is -2.10. The third-order valence-electron chi connectivity index (χ3n) is 4.61. The van der Waals surface area contributed by atoms with E-state index in [-0.39, 0.29) is 12.3 Å². The Bertz CT molecular complexity index is 1050. The lowest BCUT2D eigenvalue weighted by Crippen LogP contribution is -2.18. The fourth-order valence-electron chi connectivity index (χ4n) is 3.36. The van der Waals surface area contributed by atoms with Gasteiger partial charge in [0.1, 0.15) is 0 Å². The summed E-state index contributed by atoms with van der Waals surface area (Å²) in [6, 6.07) is 18.4. The molecule has 0 radical (unpaired) electrons. The predicted octanol–water partition coefficient (Wildman–Crippen LogP) is 3.03. The van der Waals surface area contributed by atoms with Crippen LogP contribution < -0.4 is 5.73 Å². The molecule has 1 amide bonds. The highest BCUT2D eigenvalue weighted by Crippen LogP contribution is 2.21. The Morgan fingerprint density at radius 1 is 1.08 bits per heavy atom. The molecule has 2 aromatic heterocycles. The Kier molecular flexibility index (Phi) is 4.27. The second-order valence-corrected chi connectivity index (χ2v) is 6.43. The number of hydrogen-bond donors (Lipinski definition) is 2. The molecule has 130 valence electrons. The molecule has 4 rings (SSSR count). The van der Waals surface area contributed by atoms with Gasteiger partial charge in [0.2, 0.25) is 5.91 Å². The van der Waals surface area contributed by atoms with Crippen molar-refractivity contribution in [2.24, 2.45) is 5.73 Å². The van der Waals surface area contributed by atoms with Crippen LogP contribution in [-0.2, 0) is 24.2 Å².